The molecule has 0 aromatic carbocycles. The lowest BCUT2D eigenvalue weighted by molar-refractivity contribution is -0.187. The highest BCUT2D eigenvalue weighted by molar-refractivity contribution is 6.04. The van der Waals surface area contributed by atoms with Gasteiger partial charge in [-0.25, -0.2) is 4.98 Å². The number of ether oxygens (including phenoxy) is 1. The Morgan fingerprint density at radius 3 is 2.76 bits per heavy atom. The molecule has 2 aromatic heterocycles. The third-order valence-corrected chi connectivity index (χ3v) is 10.3. The Hall–Kier alpha value is -2.81. The maximum absolute atomic E-state index is 13.3. The van der Waals surface area contributed by atoms with Crippen LogP contribution in [0.5, 0.6) is 0 Å². The van der Waals surface area contributed by atoms with E-state index in [2.05, 4.69) is 23.8 Å². The van der Waals surface area contributed by atoms with E-state index in [-0.39, 0.29) is 37.3 Å². The lowest BCUT2D eigenvalue weighted by Gasteiger charge is -2.50. The van der Waals surface area contributed by atoms with Crippen molar-refractivity contribution >= 4 is 22.8 Å². The van der Waals surface area contributed by atoms with Crippen LogP contribution in [-0.4, -0.2) is 60.5 Å². The quantitative estimate of drug-likeness (QED) is 0.352. The fraction of sp³-hybridized carbons (Fsp3) is 0.567. The van der Waals surface area contributed by atoms with E-state index in [9.17, 15) is 24.9 Å². The van der Waals surface area contributed by atoms with Crippen LogP contribution in [0.2, 0.25) is 0 Å². The third kappa shape index (κ3) is 3.17. The summed E-state index contributed by atoms with van der Waals surface area (Å²) in [5.74, 6) is -2.58. The zero-order valence-corrected chi connectivity index (χ0v) is 22.3. The van der Waals surface area contributed by atoms with Crippen LogP contribution in [0.1, 0.15) is 52.5 Å². The first-order valence-electron chi connectivity index (χ1n) is 13.5. The standard InChI is InChI=1S/C30H36N2O6/c1-16-10-22-28(36,25(16)35)13-18(15-33)11-21-24-27(3,4)29(24,12-17(2)30(21,22)37)38-23(34)8-7-19-14-32-26-20(19)6-5-9-31-26/h5-6,9-11,14,17,21-22,24,33,36-37H,7-8,12-13,15H2,1-4H3,(H,31,32)/t17-,21+,22-,24+,28-,29+,30-/m1/s1. The van der Waals surface area contributed by atoms with Gasteiger partial charge in [-0.2, -0.15) is 0 Å². The van der Waals surface area contributed by atoms with E-state index in [1.54, 1.807) is 19.2 Å². The van der Waals surface area contributed by atoms with Crippen molar-refractivity contribution in [2.24, 2.45) is 29.1 Å². The maximum Gasteiger partial charge on any atom is 0.306 e. The Morgan fingerprint density at radius 2 is 2.03 bits per heavy atom. The number of carbonyl (C=O) groups excluding carboxylic acids is 2. The molecule has 2 aromatic rings. The van der Waals surface area contributed by atoms with Crippen molar-refractivity contribution in [1.82, 2.24) is 9.97 Å². The predicted octanol–water partition coefficient (Wildman–Crippen LogP) is 3.02. The van der Waals surface area contributed by atoms with E-state index in [1.165, 1.54) is 0 Å². The van der Waals surface area contributed by atoms with E-state index in [0.29, 0.717) is 24.0 Å². The number of rotatable bonds is 5. The van der Waals surface area contributed by atoms with Crippen molar-refractivity contribution in [2.75, 3.05) is 6.61 Å². The molecule has 6 rings (SSSR count). The van der Waals surface area contributed by atoms with Crippen LogP contribution >= 0.6 is 0 Å². The SMILES string of the molecule is CC1=C[C@H]2[C@@]3(O)[C@H](C)C[C@]4(OC(=O)CCc5c[nH]c6ncccc56)[C@@H]([C@@H]3C=C(CO)C[C@]2(O)C1=O)C4(C)C. The number of ketones is 1. The summed E-state index contributed by atoms with van der Waals surface area (Å²) in [6, 6.07) is 3.85. The van der Waals surface area contributed by atoms with Crippen LogP contribution < -0.4 is 0 Å². The molecule has 0 bridgehead atoms. The van der Waals surface area contributed by atoms with Gasteiger partial charge in [0.2, 0.25) is 0 Å². The molecule has 7 atom stereocenters. The Balaban J connectivity index is 1.30. The number of aromatic amines is 1. The van der Waals surface area contributed by atoms with Crippen molar-refractivity contribution in [3.63, 3.8) is 0 Å². The van der Waals surface area contributed by atoms with Crippen LogP contribution in [0.3, 0.4) is 0 Å². The Bertz CT molecular complexity index is 1410. The Morgan fingerprint density at radius 1 is 1.26 bits per heavy atom. The molecule has 4 aliphatic carbocycles. The molecule has 4 aliphatic rings. The van der Waals surface area contributed by atoms with Crippen LogP contribution in [0.4, 0.5) is 0 Å². The van der Waals surface area contributed by atoms with Gasteiger partial charge >= 0.3 is 5.97 Å². The van der Waals surface area contributed by atoms with Crippen molar-refractivity contribution in [3.8, 4) is 0 Å². The molecule has 4 N–H and O–H groups in total. The highest BCUT2D eigenvalue weighted by Gasteiger charge is 2.83. The highest BCUT2D eigenvalue weighted by Crippen LogP contribution is 2.76. The molecular formula is C30H36N2O6. The summed E-state index contributed by atoms with van der Waals surface area (Å²) in [5.41, 5.74) is -1.67. The summed E-state index contributed by atoms with van der Waals surface area (Å²) in [5, 5.41) is 35.1. The molecular weight excluding hydrogens is 484 g/mol. The second-order valence-electron chi connectivity index (χ2n) is 12.5. The number of aryl methyl sites for hydroxylation is 1. The van der Waals surface area contributed by atoms with Gasteiger partial charge in [-0.15, -0.1) is 0 Å². The van der Waals surface area contributed by atoms with Gasteiger partial charge in [-0.3, -0.25) is 9.59 Å². The fourth-order valence-electron chi connectivity index (χ4n) is 8.31. The maximum atomic E-state index is 13.3. The summed E-state index contributed by atoms with van der Waals surface area (Å²) in [4.78, 5) is 33.8. The lowest BCUT2D eigenvalue weighted by Crippen LogP contribution is -2.61. The Kier molecular flexibility index (Phi) is 5.43. The van der Waals surface area contributed by atoms with Gasteiger partial charge in [0.25, 0.3) is 0 Å². The smallest absolute Gasteiger partial charge is 0.306 e. The Labute approximate surface area is 221 Å². The van der Waals surface area contributed by atoms with Crippen molar-refractivity contribution in [1.29, 1.82) is 0 Å². The van der Waals surface area contributed by atoms with Gasteiger partial charge in [0, 0.05) is 53.8 Å². The lowest BCUT2D eigenvalue weighted by atomic mass is 9.60. The van der Waals surface area contributed by atoms with Crippen LogP contribution in [0.15, 0.2) is 47.8 Å². The number of aliphatic hydroxyl groups is 3. The first-order valence-corrected chi connectivity index (χ1v) is 13.5. The molecule has 2 heterocycles. The minimum absolute atomic E-state index is 0.0220. The second-order valence-corrected chi connectivity index (χ2v) is 12.5. The summed E-state index contributed by atoms with van der Waals surface area (Å²) in [6.07, 6.45) is 8.30. The van der Waals surface area contributed by atoms with E-state index in [1.807, 2.05) is 31.3 Å². The summed E-state index contributed by atoms with van der Waals surface area (Å²) >= 11 is 0. The van der Waals surface area contributed by atoms with Gasteiger partial charge in [0.15, 0.2) is 5.78 Å². The molecule has 0 aliphatic heterocycles. The van der Waals surface area contributed by atoms with E-state index in [0.717, 1.165) is 16.6 Å². The molecule has 8 heteroatoms. The molecule has 2 fully saturated rings. The van der Waals surface area contributed by atoms with E-state index >= 15 is 0 Å². The number of H-pyrrole nitrogens is 1. The molecule has 0 spiro atoms. The number of aliphatic hydroxyl groups excluding tert-OH is 1. The highest BCUT2D eigenvalue weighted by atomic mass is 16.6. The van der Waals surface area contributed by atoms with E-state index in [4.69, 9.17) is 4.74 Å². The normalized spacial score (nSPS) is 39.0. The summed E-state index contributed by atoms with van der Waals surface area (Å²) < 4.78 is 6.32. The van der Waals surface area contributed by atoms with Gasteiger partial charge in [-0.1, -0.05) is 32.9 Å². The zero-order chi connectivity index (χ0) is 27.3. The minimum Gasteiger partial charge on any atom is -0.458 e. The topological polar surface area (TPSA) is 133 Å². The average Bonchev–Trinajstić information content (AvgIpc) is 3.11. The molecule has 202 valence electrons. The van der Waals surface area contributed by atoms with Crippen LogP contribution in [0.25, 0.3) is 11.0 Å². The zero-order valence-electron chi connectivity index (χ0n) is 22.3. The molecule has 0 radical (unpaired) electrons. The summed E-state index contributed by atoms with van der Waals surface area (Å²) in [7, 11) is 0. The van der Waals surface area contributed by atoms with Crippen LogP contribution in [0, 0.1) is 29.1 Å². The second kappa shape index (κ2) is 8.10. The number of Topliss-reactive ketones (excluding diaryl/α,β-unsaturated/α-hetero) is 1. The van der Waals surface area contributed by atoms with Crippen molar-refractivity contribution < 1.29 is 29.6 Å². The number of pyridine rings is 1. The number of aromatic nitrogens is 2. The molecule has 8 nitrogen and oxygen atoms in total. The third-order valence-electron chi connectivity index (χ3n) is 10.3. The fourth-order valence-corrected chi connectivity index (χ4v) is 8.31. The first-order chi connectivity index (χ1) is 17.9. The van der Waals surface area contributed by atoms with Crippen LogP contribution in [-0.2, 0) is 20.7 Å². The molecule has 38 heavy (non-hydrogen) atoms. The van der Waals surface area contributed by atoms with Gasteiger partial charge in [-0.05, 0) is 54.5 Å². The molecule has 0 unspecified atom stereocenters. The summed E-state index contributed by atoms with van der Waals surface area (Å²) in [6.45, 7) is 7.37. The monoisotopic (exact) mass is 520 g/mol. The number of carbonyl (C=O) groups is 2. The van der Waals surface area contributed by atoms with Crippen molar-refractivity contribution in [2.45, 2.75) is 70.2 Å². The first kappa shape index (κ1) is 25.5. The average molecular weight is 521 g/mol. The predicted molar refractivity (Wildman–Crippen MR) is 140 cm³/mol. The van der Waals surface area contributed by atoms with Gasteiger partial charge < -0.3 is 25.0 Å². The minimum atomic E-state index is -1.79. The number of fused-ring (bicyclic) bond motifs is 6. The number of esters is 1. The molecule has 2 saturated carbocycles. The molecule has 0 amide bonds. The largest absolute Gasteiger partial charge is 0.458 e. The van der Waals surface area contributed by atoms with Gasteiger partial charge in [0.05, 0.1) is 12.2 Å². The van der Waals surface area contributed by atoms with Crippen molar-refractivity contribution in [3.05, 3.63) is 53.4 Å². The number of nitrogens with one attached hydrogen (secondary N) is 1. The van der Waals surface area contributed by atoms with E-state index < -0.39 is 39.8 Å². The molecule has 0 saturated heterocycles. The number of hydrogen-bond donors (Lipinski definition) is 4. The number of nitrogens with zero attached hydrogens (tertiary/aromatic N) is 1. The number of hydrogen-bond acceptors (Lipinski definition) is 7. The van der Waals surface area contributed by atoms with Gasteiger partial charge in [0.1, 0.15) is 16.8 Å².